The summed E-state index contributed by atoms with van der Waals surface area (Å²) in [5, 5.41) is 13.7. The molecule has 0 bridgehead atoms. The fraction of sp³-hybridized carbons (Fsp3) is 0.357. The first-order valence-corrected chi connectivity index (χ1v) is 14.5. The van der Waals surface area contributed by atoms with Crippen LogP contribution in [0.2, 0.25) is 0 Å². The zero-order valence-electron chi connectivity index (χ0n) is 22.2. The summed E-state index contributed by atoms with van der Waals surface area (Å²) >= 11 is 0. The van der Waals surface area contributed by atoms with Crippen molar-refractivity contribution in [3.05, 3.63) is 65.9 Å². The van der Waals surface area contributed by atoms with Crippen molar-refractivity contribution in [3.63, 3.8) is 0 Å². The molecule has 5 rings (SSSR count). The maximum atomic E-state index is 13.9. The van der Waals surface area contributed by atoms with E-state index in [1.54, 1.807) is 30.3 Å². The summed E-state index contributed by atoms with van der Waals surface area (Å²) in [6.45, 7) is 2.81. The van der Waals surface area contributed by atoms with Gasteiger partial charge in [0.25, 0.3) is 6.43 Å². The molecule has 2 N–H and O–H groups in total. The van der Waals surface area contributed by atoms with E-state index in [0.29, 0.717) is 66.8 Å². The molecule has 2 aromatic carbocycles. The highest BCUT2D eigenvalue weighted by Crippen LogP contribution is 2.55. The number of sulfone groups is 1. The van der Waals surface area contributed by atoms with Crippen molar-refractivity contribution in [1.29, 1.82) is 5.26 Å². The van der Waals surface area contributed by atoms with Gasteiger partial charge in [-0.2, -0.15) is 5.26 Å². The molecule has 2 amide bonds. The second-order valence-corrected chi connectivity index (χ2v) is 12.2. The van der Waals surface area contributed by atoms with Crippen LogP contribution < -0.4 is 15.5 Å². The number of rotatable bonds is 8. The highest BCUT2D eigenvalue weighted by molar-refractivity contribution is 7.92. The summed E-state index contributed by atoms with van der Waals surface area (Å²) in [7, 11) is -3.85. The summed E-state index contributed by atoms with van der Waals surface area (Å²) < 4.78 is 56.9. The van der Waals surface area contributed by atoms with Crippen molar-refractivity contribution in [3.8, 4) is 17.5 Å². The van der Waals surface area contributed by atoms with Gasteiger partial charge in [-0.25, -0.2) is 32.0 Å². The fourth-order valence-electron chi connectivity index (χ4n) is 4.77. The first-order chi connectivity index (χ1) is 19.6. The minimum atomic E-state index is -3.85. The second-order valence-electron chi connectivity index (χ2n) is 9.99. The molecule has 1 aliphatic heterocycles. The molecule has 0 unspecified atom stereocenters. The van der Waals surface area contributed by atoms with Crippen LogP contribution in [-0.4, -0.2) is 63.2 Å². The van der Waals surface area contributed by atoms with E-state index in [2.05, 4.69) is 15.5 Å². The van der Waals surface area contributed by atoms with Crippen molar-refractivity contribution in [2.24, 2.45) is 0 Å². The van der Waals surface area contributed by atoms with Crippen LogP contribution >= 0.6 is 0 Å². The number of nitriles is 1. The minimum Gasteiger partial charge on any atom is -0.377 e. The third-order valence-corrected chi connectivity index (χ3v) is 9.71. The molecule has 0 spiro atoms. The van der Waals surface area contributed by atoms with E-state index in [9.17, 15) is 22.0 Å². The maximum absolute atomic E-state index is 13.9. The van der Waals surface area contributed by atoms with Crippen LogP contribution in [0.5, 0.6) is 0 Å². The van der Waals surface area contributed by atoms with E-state index in [0.717, 1.165) is 0 Å². The standard InChI is InChI=1S/C28H28F2N6O4S/c1-18-17-40-13-12-36(18)25-14-23(28(10-11-28)41(38,39)22-8-2-19(15-31)3-9-22)34-26(35-25)20-4-6-21(7-5-20)33-27(37)32-16-24(29)30/h2-9,14,18,24H,10-13,16-17H2,1H3,(H2,32,33,37)/t18-/m0/s1. The number of amides is 2. The van der Waals surface area contributed by atoms with Crippen molar-refractivity contribution >= 4 is 27.4 Å². The van der Waals surface area contributed by atoms with E-state index < -0.39 is 33.6 Å². The maximum Gasteiger partial charge on any atom is 0.319 e. The third kappa shape index (κ3) is 5.84. The predicted molar refractivity (Wildman–Crippen MR) is 147 cm³/mol. The highest BCUT2D eigenvalue weighted by atomic mass is 32.2. The first-order valence-electron chi connectivity index (χ1n) is 13.1. The molecule has 2 aliphatic rings. The molecule has 1 atom stereocenters. The van der Waals surface area contributed by atoms with Gasteiger partial charge in [0.2, 0.25) is 0 Å². The Morgan fingerprint density at radius 2 is 1.88 bits per heavy atom. The molecule has 1 aliphatic carbocycles. The number of ether oxygens (including phenoxy) is 1. The predicted octanol–water partition coefficient (Wildman–Crippen LogP) is 4.09. The molecule has 1 saturated heterocycles. The summed E-state index contributed by atoms with van der Waals surface area (Å²) in [5.41, 5.74) is 1.71. The Morgan fingerprint density at radius 1 is 1.17 bits per heavy atom. The third-order valence-electron chi connectivity index (χ3n) is 7.17. The Morgan fingerprint density at radius 3 is 2.49 bits per heavy atom. The van der Waals surface area contributed by atoms with Gasteiger partial charge >= 0.3 is 6.03 Å². The molecule has 0 radical (unpaired) electrons. The zero-order valence-corrected chi connectivity index (χ0v) is 23.0. The van der Waals surface area contributed by atoms with Gasteiger partial charge in [-0.05, 0) is 68.3 Å². The molecule has 2 fully saturated rings. The molecule has 1 aromatic heterocycles. The number of morpholine rings is 1. The average molecular weight is 583 g/mol. The number of nitrogens with zero attached hydrogens (tertiary/aromatic N) is 4. The number of halogens is 2. The highest BCUT2D eigenvalue weighted by Gasteiger charge is 2.58. The largest absolute Gasteiger partial charge is 0.377 e. The summed E-state index contributed by atoms with van der Waals surface area (Å²) in [6.07, 6.45) is -1.88. The van der Waals surface area contributed by atoms with Gasteiger partial charge in [0, 0.05) is 23.9 Å². The molecule has 1 saturated carbocycles. The van der Waals surface area contributed by atoms with Gasteiger partial charge in [-0.1, -0.05) is 0 Å². The average Bonchev–Trinajstić information content (AvgIpc) is 3.80. The normalized spacial score (nSPS) is 18.0. The Bertz CT molecular complexity index is 1570. The Kier molecular flexibility index (Phi) is 7.88. The summed E-state index contributed by atoms with van der Waals surface area (Å²) in [5.74, 6) is 0.891. The van der Waals surface area contributed by atoms with Crippen LogP contribution in [0.15, 0.2) is 59.5 Å². The number of carbonyl (C=O) groups is 1. The summed E-state index contributed by atoms with van der Waals surface area (Å²) in [4.78, 5) is 23.6. The lowest BCUT2D eigenvalue weighted by molar-refractivity contribution is 0.0985. The lowest BCUT2D eigenvalue weighted by Gasteiger charge is -2.34. The number of aromatic nitrogens is 2. The number of hydrogen-bond acceptors (Lipinski definition) is 8. The fourth-order valence-corrected chi connectivity index (χ4v) is 6.73. The Hall–Kier alpha value is -4.15. The number of urea groups is 1. The number of anilines is 2. The van der Waals surface area contributed by atoms with Crippen LogP contribution in [-0.2, 0) is 19.3 Å². The van der Waals surface area contributed by atoms with Crippen molar-refractivity contribution in [1.82, 2.24) is 15.3 Å². The molecule has 2 heterocycles. The first kappa shape index (κ1) is 28.4. The van der Waals surface area contributed by atoms with Gasteiger partial charge < -0.3 is 20.3 Å². The quantitative estimate of drug-likeness (QED) is 0.405. The molecule has 41 heavy (non-hydrogen) atoms. The SMILES string of the molecule is C[C@H]1COCCN1c1cc(C2(S(=O)(=O)c3ccc(C#N)cc3)CC2)nc(-c2ccc(NC(=O)NCC(F)F)cc2)n1. The smallest absolute Gasteiger partial charge is 0.319 e. The molecular weight excluding hydrogens is 554 g/mol. The van der Waals surface area contributed by atoms with E-state index >= 15 is 0 Å². The van der Waals surface area contributed by atoms with E-state index in [1.165, 1.54) is 24.3 Å². The van der Waals surface area contributed by atoms with E-state index in [1.807, 2.05) is 13.0 Å². The molecule has 13 heteroatoms. The van der Waals surface area contributed by atoms with Gasteiger partial charge in [0.15, 0.2) is 15.7 Å². The van der Waals surface area contributed by atoms with E-state index in [-0.39, 0.29) is 10.9 Å². The van der Waals surface area contributed by atoms with Crippen LogP contribution in [0.1, 0.15) is 31.0 Å². The lowest BCUT2D eigenvalue weighted by atomic mass is 10.1. The lowest BCUT2D eigenvalue weighted by Crippen LogP contribution is -2.44. The van der Waals surface area contributed by atoms with Gasteiger partial charge in [-0.15, -0.1) is 0 Å². The van der Waals surface area contributed by atoms with Crippen molar-refractivity contribution in [2.45, 2.75) is 41.9 Å². The Labute approximate surface area is 236 Å². The van der Waals surface area contributed by atoms with Crippen LogP contribution in [0.4, 0.5) is 25.1 Å². The van der Waals surface area contributed by atoms with Crippen LogP contribution in [0.25, 0.3) is 11.4 Å². The minimum absolute atomic E-state index is 0.00274. The molecule has 214 valence electrons. The van der Waals surface area contributed by atoms with Crippen LogP contribution in [0.3, 0.4) is 0 Å². The number of nitrogens with one attached hydrogen (secondary N) is 2. The monoisotopic (exact) mass is 582 g/mol. The molecule has 10 nitrogen and oxygen atoms in total. The van der Waals surface area contributed by atoms with Gasteiger partial charge in [0.1, 0.15) is 10.6 Å². The van der Waals surface area contributed by atoms with E-state index in [4.69, 9.17) is 20.0 Å². The van der Waals surface area contributed by atoms with Crippen LogP contribution in [0, 0.1) is 11.3 Å². The second kappa shape index (κ2) is 11.4. The summed E-state index contributed by atoms with van der Waals surface area (Å²) in [6, 6.07) is 15.4. The molecule has 3 aromatic rings. The number of alkyl halides is 2. The van der Waals surface area contributed by atoms with Crippen molar-refractivity contribution < 1.29 is 26.7 Å². The zero-order chi connectivity index (χ0) is 29.2. The number of carbonyl (C=O) groups excluding carboxylic acids is 1. The topological polar surface area (TPSA) is 137 Å². The number of benzene rings is 2. The van der Waals surface area contributed by atoms with Gasteiger partial charge in [0.05, 0.1) is 48.0 Å². The van der Waals surface area contributed by atoms with Gasteiger partial charge in [-0.3, -0.25) is 0 Å². The number of hydrogen-bond donors (Lipinski definition) is 2. The Balaban J connectivity index is 1.51. The molecular formula is C28H28F2N6O4S. The van der Waals surface area contributed by atoms with Crippen molar-refractivity contribution in [2.75, 3.05) is 36.5 Å².